The molecule has 1 aliphatic carbocycles. The lowest BCUT2D eigenvalue weighted by Gasteiger charge is -2.35. The molecule has 7 heteroatoms. The first-order chi connectivity index (χ1) is 10.4. The highest BCUT2D eigenvalue weighted by molar-refractivity contribution is 6.09. The number of fused-ring (bicyclic) bond motifs is 1. The van der Waals surface area contributed by atoms with E-state index < -0.39 is 28.9 Å². The number of hydrogen-bond donors (Lipinski definition) is 2. The molecule has 22 heavy (non-hydrogen) atoms. The molecule has 0 spiro atoms. The Morgan fingerprint density at radius 3 is 2.59 bits per heavy atom. The lowest BCUT2D eigenvalue weighted by Crippen LogP contribution is -2.48. The Morgan fingerprint density at radius 1 is 1.27 bits per heavy atom. The maximum absolute atomic E-state index is 13.5. The SMILES string of the molecule is O=C(O)C1(C(=O)Nc2cnc3c(F)c(F)ccc3c2)CCC1. The number of hydrogen-bond acceptors (Lipinski definition) is 3. The van der Waals surface area contributed by atoms with Crippen LogP contribution >= 0.6 is 0 Å². The zero-order valence-electron chi connectivity index (χ0n) is 11.4. The van der Waals surface area contributed by atoms with Crippen molar-refractivity contribution in [3.63, 3.8) is 0 Å². The number of carboxylic acid groups (broad SMARTS) is 1. The summed E-state index contributed by atoms with van der Waals surface area (Å²) in [7, 11) is 0. The zero-order chi connectivity index (χ0) is 15.9. The Hall–Kier alpha value is -2.57. The van der Waals surface area contributed by atoms with Crippen LogP contribution in [0, 0.1) is 17.0 Å². The van der Waals surface area contributed by atoms with Crippen LogP contribution in [0.3, 0.4) is 0 Å². The molecule has 1 amide bonds. The monoisotopic (exact) mass is 306 g/mol. The van der Waals surface area contributed by atoms with Crippen LogP contribution in [-0.2, 0) is 9.59 Å². The Kier molecular flexibility index (Phi) is 3.27. The zero-order valence-corrected chi connectivity index (χ0v) is 11.4. The van der Waals surface area contributed by atoms with E-state index in [4.69, 9.17) is 0 Å². The van der Waals surface area contributed by atoms with Gasteiger partial charge in [0.15, 0.2) is 11.6 Å². The van der Waals surface area contributed by atoms with E-state index in [1.54, 1.807) is 0 Å². The summed E-state index contributed by atoms with van der Waals surface area (Å²) >= 11 is 0. The average molecular weight is 306 g/mol. The van der Waals surface area contributed by atoms with Crippen molar-refractivity contribution in [1.82, 2.24) is 4.98 Å². The number of pyridine rings is 1. The minimum atomic E-state index is -1.40. The molecule has 114 valence electrons. The Morgan fingerprint density at radius 2 is 2.00 bits per heavy atom. The average Bonchev–Trinajstić information content (AvgIpc) is 2.41. The second-order valence-electron chi connectivity index (χ2n) is 5.35. The molecule has 1 aliphatic rings. The third kappa shape index (κ3) is 2.09. The van der Waals surface area contributed by atoms with Gasteiger partial charge in [-0.05, 0) is 31.0 Å². The predicted molar refractivity (Wildman–Crippen MR) is 74.2 cm³/mol. The molecule has 2 aromatic rings. The van der Waals surface area contributed by atoms with Gasteiger partial charge >= 0.3 is 5.97 Å². The highest BCUT2D eigenvalue weighted by atomic mass is 19.2. The third-order valence-electron chi connectivity index (χ3n) is 4.05. The Labute approximate surface area is 124 Å². The number of aromatic nitrogens is 1. The lowest BCUT2D eigenvalue weighted by molar-refractivity contribution is -0.159. The standard InChI is InChI=1S/C15H12F2N2O3/c16-10-3-2-8-6-9(7-18-12(8)11(10)17)19-13(20)15(14(21)22)4-1-5-15/h2-3,6-7H,1,4-5H2,(H,19,20)(H,21,22). The Balaban J connectivity index is 1.90. The van der Waals surface area contributed by atoms with E-state index in [0.29, 0.717) is 11.8 Å². The van der Waals surface area contributed by atoms with Gasteiger partial charge in [0, 0.05) is 5.39 Å². The fraction of sp³-hybridized carbons (Fsp3) is 0.267. The van der Waals surface area contributed by atoms with E-state index in [1.165, 1.54) is 18.3 Å². The molecular formula is C15H12F2N2O3. The smallest absolute Gasteiger partial charge is 0.319 e. The van der Waals surface area contributed by atoms with Crippen molar-refractivity contribution in [2.45, 2.75) is 19.3 Å². The number of carboxylic acids is 1. The first-order valence-corrected chi connectivity index (χ1v) is 6.73. The predicted octanol–water partition coefficient (Wildman–Crippen LogP) is 2.71. The van der Waals surface area contributed by atoms with Crippen molar-refractivity contribution >= 4 is 28.5 Å². The van der Waals surface area contributed by atoms with Gasteiger partial charge in [0.1, 0.15) is 10.9 Å². The lowest BCUT2D eigenvalue weighted by atomic mass is 9.68. The summed E-state index contributed by atoms with van der Waals surface area (Å²) in [5, 5.41) is 12.0. The normalized spacial score (nSPS) is 16.1. The van der Waals surface area contributed by atoms with E-state index in [-0.39, 0.29) is 24.0 Å². The maximum atomic E-state index is 13.5. The maximum Gasteiger partial charge on any atom is 0.319 e. The van der Waals surface area contributed by atoms with Crippen molar-refractivity contribution in [2.24, 2.45) is 5.41 Å². The highest BCUT2D eigenvalue weighted by Crippen LogP contribution is 2.42. The Bertz CT molecular complexity index is 788. The number of anilines is 1. The van der Waals surface area contributed by atoms with Gasteiger partial charge in [-0.2, -0.15) is 0 Å². The molecule has 1 heterocycles. The van der Waals surface area contributed by atoms with Crippen LogP contribution < -0.4 is 5.32 Å². The van der Waals surface area contributed by atoms with E-state index in [9.17, 15) is 23.5 Å². The van der Waals surface area contributed by atoms with Gasteiger partial charge in [-0.15, -0.1) is 0 Å². The van der Waals surface area contributed by atoms with Gasteiger partial charge in [0.05, 0.1) is 11.9 Å². The summed E-state index contributed by atoms with van der Waals surface area (Å²) in [5.74, 6) is -3.83. The van der Waals surface area contributed by atoms with E-state index in [0.717, 1.165) is 6.07 Å². The van der Waals surface area contributed by atoms with E-state index in [2.05, 4.69) is 10.3 Å². The number of rotatable bonds is 3. The van der Waals surface area contributed by atoms with Crippen LogP contribution in [0.1, 0.15) is 19.3 Å². The molecule has 0 radical (unpaired) electrons. The van der Waals surface area contributed by atoms with Gasteiger partial charge < -0.3 is 10.4 Å². The highest BCUT2D eigenvalue weighted by Gasteiger charge is 2.51. The molecule has 0 aliphatic heterocycles. The second kappa shape index (κ2) is 5.01. The number of halogens is 2. The van der Waals surface area contributed by atoms with Crippen molar-refractivity contribution in [3.05, 3.63) is 36.0 Å². The van der Waals surface area contributed by atoms with Crippen molar-refractivity contribution in [2.75, 3.05) is 5.32 Å². The fourth-order valence-electron chi connectivity index (χ4n) is 2.53. The summed E-state index contributed by atoms with van der Waals surface area (Å²) in [6, 6.07) is 3.74. The topological polar surface area (TPSA) is 79.3 Å². The van der Waals surface area contributed by atoms with Gasteiger partial charge in [0.25, 0.3) is 0 Å². The van der Waals surface area contributed by atoms with Crippen molar-refractivity contribution in [1.29, 1.82) is 0 Å². The molecule has 5 nitrogen and oxygen atoms in total. The van der Waals surface area contributed by atoms with E-state index in [1.807, 2.05) is 0 Å². The number of amides is 1. The van der Waals surface area contributed by atoms with Crippen LogP contribution in [0.15, 0.2) is 24.4 Å². The number of carbonyl (C=O) groups is 2. The van der Waals surface area contributed by atoms with Gasteiger partial charge in [-0.1, -0.05) is 6.42 Å². The first kappa shape index (κ1) is 14.4. The van der Waals surface area contributed by atoms with Crippen molar-refractivity contribution < 1.29 is 23.5 Å². The summed E-state index contributed by atoms with van der Waals surface area (Å²) in [6.45, 7) is 0. The minimum Gasteiger partial charge on any atom is -0.480 e. The number of nitrogens with zero attached hydrogens (tertiary/aromatic N) is 1. The molecular weight excluding hydrogens is 294 g/mol. The van der Waals surface area contributed by atoms with Gasteiger partial charge in [-0.3, -0.25) is 14.6 Å². The van der Waals surface area contributed by atoms with Crippen LogP contribution in [0.25, 0.3) is 10.9 Å². The number of aliphatic carboxylic acids is 1. The van der Waals surface area contributed by atoms with Crippen LogP contribution in [-0.4, -0.2) is 22.0 Å². The second-order valence-corrected chi connectivity index (χ2v) is 5.35. The molecule has 0 bridgehead atoms. The number of benzene rings is 1. The number of nitrogens with one attached hydrogen (secondary N) is 1. The molecule has 1 fully saturated rings. The van der Waals surface area contributed by atoms with Gasteiger partial charge in [-0.25, -0.2) is 8.78 Å². The third-order valence-corrected chi connectivity index (χ3v) is 4.05. The quantitative estimate of drug-likeness (QED) is 0.855. The summed E-state index contributed by atoms with van der Waals surface area (Å²) < 4.78 is 26.7. The van der Waals surface area contributed by atoms with Crippen molar-refractivity contribution in [3.8, 4) is 0 Å². The molecule has 0 atom stereocenters. The van der Waals surface area contributed by atoms with E-state index >= 15 is 0 Å². The summed E-state index contributed by atoms with van der Waals surface area (Å²) in [5.41, 5.74) is -1.30. The molecule has 1 saturated carbocycles. The minimum absolute atomic E-state index is 0.144. The molecule has 2 N–H and O–H groups in total. The largest absolute Gasteiger partial charge is 0.480 e. The molecule has 1 aromatic carbocycles. The summed E-state index contributed by atoms with van der Waals surface area (Å²) in [4.78, 5) is 27.2. The molecule has 0 saturated heterocycles. The van der Waals surface area contributed by atoms with Crippen LogP contribution in [0.4, 0.5) is 14.5 Å². The molecule has 3 rings (SSSR count). The van der Waals surface area contributed by atoms with Gasteiger partial charge in [0.2, 0.25) is 5.91 Å². The number of carbonyl (C=O) groups excluding carboxylic acids is 1. The fourth-order valence-corrected chi connectivity index (χ4v) is 2.53. The summed E-state index contributed by atoms with van der Waals surface area (Å²) in [6.07, 6.45) is 2.43. The first-order valence-electron chi connectivity index (χ1n) is 6.73. The van der Waals surface area contributed by atoms with Crippen LogP contribution in [0.5, 0.6) is 0 Å². The molecule has 0 unspecified atom stereocenters. The van der Waals surface area contributed by atoms with Crippen LogP contribution in [0.2, 0.25) is 0 Å². The molecule has 1 aromatic heterocycles.